The lowest BCUT2D eigenvalue weighted by Gasteiger charge is -2.34. The fourth-order valence-corrected chi connectivity index (χ4v) is 3.86. The highest BCUT2D eigenvalue weighted by Crippen LogP contribution is 2.32. The second kappa shape index (κ2) is 9.93. The summed E-state index contributed by atoms with van der Waals surface area (Å²) >= 11 is 0. The normalized spacial score (nSPS) is 17.9. The average molecular weight is 346 g/mol. The quantitative estimate of drug-likeness (QED) is 0.639. The van der Waals surface area contributed by atoms with Crippen LogP contribution in [0.2, 0.25) is 0 Å². The molecule has 0 aromatic heterocycles. The van der Waals surface area contributed by atoms with E-state index >= 15 is 0 Å². The number of carbonyl (C=O) groups is 1. The number of amides is 1. The van der Waals surface area contributed by atoms with E-state index in [0.29, 0.717) is 19.0 Å². The molecule has 1 aliphatic rings. The number of hydrogen-bond donors (Lipinski definition) is 3. The second-order valence-corrected chi connectivity index (χ2v) is 7.67. The molecular weight excluding hydrogens is 310 g/mol. The topological polar surface area (TPSA) is 81.1 Å². The molecule has 0 radical (unpaired) electrons. The van der Waals surface area contributed by atoms with Gasteiger partial charge in [0.25, 0.3) is 0 Å². The Balaban J connectivity index is 1.95. The Morgan fingerprint density at radius 2 is 1.80 bits per heavy atom. The molecule has 0 heterocycles. The Hall–Kier alpha value is -1.39. The Kier molecular flexibility index (Phi) is 7.91. The molecule has 0 aliphatic heterocycles. The van der Waals surface area contributed by atoms with E-state index in [1.165, 1.54) is 32.1 Å². The maximum atomic E-state index is 12.9. The summed E-state index contributed by atoms with van der Waals surface area (Å²) in [4.78, 5) is 12.9. The van der Waals surface area contributed by atoms with Gasteiger partial charge in [-0.1, -0.05) is 76.1 Å². The molecule has 5 N–H and O–H groups in total. The van der Waals surface area contributed by atoms with Gasteiger partial charge in [0, 0.05) is 13.1 Å². The van der Waals surface area contributed by atoms with E-state index in [-0.39, 0.29) is 5.91 Å². The van der Waals surface area contributed by atoms with E-state index in [0.717, 1.165) is 36.8 Å². The monoisotopic (exact) mass is 345 g/mol. The zero-order valence-electron chi connectivity index (χ0n) is 15.7. The first-order valence-corrected chi connectivity index (χ1v) is 9.92. The fourth-order valence-electron chi connectivity index (χ4n) is 3.86. The van der Waals surface area contributed by atoms with Crippen molar-refractivity contribution < 1.29 is 4.79 Å². The molecular formula is C21H35N3O. The average Bonchev–Trinajstić information content (AvgIpc) is 2.65. The zero-order valence-corrected chi connectivity index (χ0v) is 15.7. The number of hydrogen-bond acceptors (Lipinski definition) is 3. The van der Waals surface area contributed by atoms with Crippen molar-refractivity contribution in [3.05, 3.63) is 35.4 Å². The van der Waals surface area contributed by atoms with Crippen LogP contribution < -0.4 is 16.8 Å². The van der Waals surface area contributed by atoms with Crippen molar-refractivity contribution in [1.82, 2.24) is 5.32 Å². The van der Waals surface area contributed by atoms with Crippen molar-refractivity contribution in [3.63, 3.8) is 0 Å². The summed E-state index contributed by atoms with van der Waals surface area (Å²) in [6, 6.07) is 8.06. The molecule has 2 rings (SSSR count). The van der Waals surface area contributed by atoms with Gasteiger partial charge < -0.3 is 16.8 Å². The van der Waals surface area contributed by atoms with E-state index in [1.807, 2.05) is 24.3 Å². The summed E-state index contributed by atoms with van der Waals surface area (Å²) in [6.45, 7) is 3.22. The van der Waals surface area contributed by atoms with Crippen molar-refractivity contribution in [1.29, 1.82) is 0 Å². The van der Waals surface area contributed by atoms with Gasteiger partial charge >= 0.3 is 0 Å². The van der Waals surface area contributed by atoms with Crippen LogP contribution in [-0.2, 0) is 17.9 Å². The molecule has 1 aromatic rings. The molecule has 0 bridgehead atoms. The molecule has 4 nitrogen and oxygen atoms in total. The first-order chi connectivity index (χ1) is 12.1. The van der Waals surface area contributed by atoms with Crippen LogP contribution in [-0.4, -0.2) is 11.4 Å². The number of benzene rings is 1. The summed E-state index contributed by atoms with van der Waals surface area (Å²) in [6.07, 6.45) is 10.0. The summed E-state index contributed by atoms with van der Waals surface area (Å²) in [5.74, 6) is 0.611. The third-order valence-electron chi connectivity index (χ3n) is 5.52. The van der Waals surface area contributed by atoms with Crippen molar-refractivity contribution >= 4 is 5.91 Å². The molecule has 1 unspecified atom stereocenters. The number of nitrogens with two attached hydrogens (primary N) is 2. The van der Waals surface area contributed by atoms with E-state index in [1.54, 1.807) is 0 Å². The van der Waals surface area contributed by atoms with Crippen molar-refractivity contribution in [3.8, 4) is 0 Å². The van der Waals surface area contributed by atoms with Gasteiger partial charge in [0.1, 0.15) is 0 Å². The molecule has 1 aromatic carbocycles. The minimum atomic E-state index is -0.727. The highest BCUT2D eigenvalue weighted by Gasteiger charge is 2.36. The van der Waals surface area contributed by atoms with Crippen LogP contribution in [0.25, 0.3) is 0 Å². The molecule has 0 spiro atoms. The van der Waals surface area contributed by atoms with Crippen molar-refractivity contribution in [2.75, 3.05) is 0 Å². The van der Waals surface area contributed by atoms with E-state index in [9.17, 15) is 4.79 Å². The molecule has 0 saturated heterocycles. The lowest BCUT2D eigenvalue weighted by atomic mass is 9.77. The maximum absolute atomic E-state index is 12.9. The first-order valence-electron chi connectivity index (χ1n) is 9.92. The van der Waals surface area contributed by atoms with E-state index in [2.05, 4.69) is 12.2 Å². The Morgan fingerprint density at radius 3 is 2.40 bits per heavy atom. The van der Waals surface area contributed by atoms with Gasteiger partial charge in [0.15, 0.2) is 0 Å². The first kappa shape index (κ1) is 19.9. The molecule has 4 heteroatoms. The predicted molar refractivity (Wildman–Crippen MR) is 104 cm³/mol. The highest BCUT2D eigenvalue weighted by atomic mass is 16.2. The van der Waals surface area contributed by atoms with Gasteiger partial charge in [-0.25, -0.2) is 0 Å². The smallest absolute Gasteiger partial charge is 0.240 e. The standard InChI is InChI=1S/C21H35N3O/c1-2-3-13-21(23,14-17-7-5-4-6-8-17)20(25)24-16-19-11-9-18(15-22)10-12-19/h9-12,17H,2-8,13-16,22-23H2,1H3,(H,24,25). The van der Waals surface area contributed by atoms with E-state index in [4.69, 9.17) is 11.5 Å². The third kappa shape index (κ3) is 6.12. The van der Waals surface area contributed by atoms with Crippen molar-refractivity contribution in [2.24, 2.45) is 17.4 Å². The van der Waals surface area contributed by atoms with Crippen LogP contribution in [0.4, 0.5) is 0 Å². The lowest BCUT2D eigenvalue weighted by Crippen LogP contribution is -2.55. The Labute approximate surface area is 152 Å². The van der Waals surface area contributed by atoms with Gasteiger partial charge in [-0.15, -0.1) is 0 Å². The number of unbranched alkanes of at least 4 members (excludes halogenated alkanes) is 1. The van der Waals surface area contributed by atoms with E-state index < -0.39 is 5.54 Å². The zero-order chi connectivity index (χ0) is 18.1. The van der Waals surface area contributed by atoms with Crippen LogP contribution in [0.5, 0.6) is 0 Å². The largest absolute Gasteiger partial charge is 0.350 e. The molecule has 1 saturated carbocycles. The van der Waals surface area contributed by atoms with Gasteiger partial charge in [-0.2, -0.15) is 0 Å². The summed E-state index contributed by atoms with van der Waals surface area (Å²) in [5, 5.41) is 3.08. The van der Waals surface area contributed by atoms with Crippen LogP contribution in [0.15, 0.2) is 24.3 Å². The third-order valence-corrected chi connectivity index (χ3v) is 5.52. The Bertz CT molecular complexity index is 522. The van der Waals surface area contributed by atoms with Crippen LogP contribution >= 0.6 is 0 Å². The minimum Gasteiger partial charge on any atom is -0.350 e. The molecule has 1 aliphatic carbocycles. The van der Waals surface area contributed by atoms with Gasteiger partial charge in [0.2, 0.25) is 5.91 Å². The molecule has 1 amide bonds. The number of nitrogens with one attached hydrogen (secondary N) is 1. The summed E-state index contributed by atoms with van der Waals surface area (Å²) in [5.41, 5.74) is 13.7. The van der Waals surface area contributed by atoms with Gasteiger partial charge in [0.05, 0.1) is 5.54 Å². The maximum Gasteiger partial charge on any atom is 0.240 e. The molecule has 1 atom stereocenters. The predicted octanol–water partition coefficient (Wildman–Crippen LogP) is 3.62. The summed E-state index contributed by atoms with van der Waals surface area (Å²) in [7, 11) is 0. The highest BCUT2D eigenvalue weighted by molar-refractivity contribution is 5.86. The molecule has 25 heavy (non-hydrogen) atoms. The molecule has 1 fully saturated rings. The Morgan fingerprint density at radius 1 is 1.16 bits per heavy atom. The van der Waals surface area contributed by atoms with Crippen LogP contribution in [0.1, 0.15) is 75.8 Å². The van der Waals surface area contributed by atoms with Crippen LogP contribution in [0.3, 0.4) is 0 Å². The molecule has 140 valence electrons. The van der Waals surface area contributed by atoms with Gasteiger partial charge in [-0.3, -0.25) is 4.79 Å². The van der Waals surface area contributed by atoms with Crippen LogP contribution in [0, 0.1) is 5.92 Å². The van der Waals surface area contributed by atoms with Gasteiger partial charge in [-0.05, 0) is 29.9 Å². The lowest BCUT2D eigenvalue weighted by molar-refractivity contribution is -0.127. The SMILES string of the molecule is CCCCC(N)(CC1CCCCC1)C(=O)NCc1ccc(CN)cc1. The minimum absolute atomic E-state index is 0.00873. The summed E-state index contributed by atoms with van der Waals surface area (Å²) < 4.78 is 0. The number of rotatable bonds is 9. The fraction of sp³-hybridized carbons (Fsp3) is 0.667. The van der Waals surface area contributed by atoms with Crippen molar-refractivity contribution in [2.45, 2.75) is 83.3 Å². The second-order valence-electron chi connectivity index (χ2n) is 7.67. The number of carbonyl (C=O) groups excluding carboxylic acids is 1.